The molecule has 0 aliphatic carbocycles. The topological polar surface area (TPSA) is 67.2 Å². The molecule has 2 unspecified atom stereocenters. The Hall–Kier alpha value is -4.47. The normalized spacial score (nSPS) is 17.2. The number of likely N-dealkylation sites (N-methyl/N-ethyl adjacent to an activating group) is 1. The van der Waals surface area contributed by atoms with E-state index in [0.717, 1.165) is 23.9 Å². The Kier molecular flexibility index (Phi) is 6.71. The first kappa shape index (κ1) is 26.1. The Morgan fingerprint density at radius 2 is 1.69 bits per heavy atom. The number of nitrogens with zero attached hydrogens (tertiary/aromatic N) is 3. The molecule has 0 fully saturated rings. The molecule has 1 aliphatic rings. The summed E-state index contributed by atoms with van der Waals surface area (Å²) in [6.45, 7) is 3.81. The molecule has 1 aromatic heterocycles. The molecular formula is C29H24F4N4O2. The van der Waals surface area contributed by atoms with Crippen LogP contribution in [0.15, 0.2) is 78.9 Å². The van der Waals surface area contributed by atoms with Crippen LogP contribution in [0.25, 0.3) is 5.69 Å². The van der Waals surface area contributed by atoms with Gasteiger partial charge in [0.15, 0.2) is 0 Å². The lowest BCUT2D eigenvalue weighted by atomic mass is 9.81. The molecule has 1 aliphatic heterocycles. The third-order valence-corrected chi connectivity index (χ3v) is 6.80. The summed E-state index contributed by atoms with van der Waals surface area (Å²) in [6.07, 6.45) is -4.63. The number of para-hydroxylation sites is 1. The molecule has 39 heavy (non-hydrogen) atoms. The first-order chi connectivity index (χ1) is 18.6. The summed E-state index contributed by atoms with van der Waals surface area (Å²) in [6, 6.07) is 17.6. The second-order valence-electron chi connectivity index (χ2n) is 9.21. The van der Waals surface area contributed by atoms with Crippen molar-refractivity contribution in [3.63, 3.8) is 0 Å². The second-order valence-corrected chi connectivity index (χ2v) is 9.21. The van der Waals surface area contributed by atoms with Crippen LogP contribution in [0.5, 0.6) is 0 Å². The maximum atomic E-state index is 14.0. The van der Waals surface area contributed by atoms with Crippen molar-refractivity contribution in [1.82, 2.24) is 15.1 Å². The monoisotopic (exact) mass is 536 g/mol. The highest BCUT2D eigenvalue weighted by Crippen LogP contribution is 2.43. The standard InChI is InChI=1S/C29H24F4N4O2/c1-3-36-27-23(17(2)35-37(27)22-10-5-4-6-11-22)24(18-12-14-21(30)15-13-18)25(28(36)39)34-26(38)19-8-7-9-20(16-19)29(31,32)33/h4-16,24-25H,3H2,1-2H3,(H,34,38). The number of hydrogen-bond acceptors (Lipinski definition) is 3. The number of rotatable bonds is 5. The summed E-state index contributed by atoms with van der Waals surface area (Å²) in [4.78, 5) is 28.7. The molecule has 200 valence electrons. The van der Waals surface area contributed by atoms with Crippen LogP contribution in [-0.2, 0) is 11.0 Å². The van der Waals surface area contributed by atoms with Crippen molar-refractivity contribution in [3.8, 4) is 5.69 Å². The van der Waals surface area contributed by atoms with Crippen molar-refractivity contribution in [2.24, 2.45) is 0 Å². The highest BCUT2D eigenvalue weighted by Gasteiger charge is 2.45. The maximum Gasteiger partial charge on any atom is 0.416 e. The summed E-state index contributed by atoms with van der Waals surface area (Å²) >= 11 is 0. The predicted molar refractivity (Wildman–Crippen MR) is 137 cm³/mol. The lowest BCUT2D eigenvalue weighted by Gasteiger charge is -2.38. The smallest absolute Gasteiger partial charge is 0.339 e. The molecule has 10 heteroatoms. The zero-order valence-corrected chi connectivity index (χ0v) is 21.0. The van der Waals surface area contributed by atoms with E-state index in [9.17, 15) is 27.2 Å². The number of anilines is 1. The van der Waals surface area contributed by atoms with Crippen LogP contribution < -0.4 is 10.2 Å². The van der Waals surface area contributed by atoms with Crippen molar-refractivity contribution < 1.29 is 27.2 Å². The Bertz CT molecular complexity index is 1530. The fourth-order valence-corrected chi connectivity index (χ4v) is 5.02. The fraction of sp³-hybridized carbons (Fsp3) is 0.207. The Labute approximate surface area is 221 Å². The van der Waals surface area contributed by atoms with Gasteiger partial charge in [0.1, 0.15) is 17.7 Å². The Balaban J connectivity index is 1.65. The van der Waals surface area contributed by atoms with Gasteiger partial charge >= 0.3 is 6.18 Å². The number of amides is 2. The van der Waals surface area contributed by atoms with Crippen LogP contribution in [0.1, 0.15) is 45.6 Å². The highest BCUT2D eigenvalue weighted by molar-refractivity contribution is 6.05. The molecule has 0 spiro atoms. The molecule has 3 aromatic carbocycles. The van der Waals surface area contributed by atoms with E-state index >= 15 is 0 Å². The number of aryl methyl sites for hydroxylation is 1. The van der Waals surface area contributed by atoms with E-state index < -0.39 is 41.3 Å². The summed E-state index contributed by atoms with van der Waals surface area (Å²) < 4.78 is 55.4. The van der Waals surface area contributed by atoms with Crippen LogP contribution in [-0.4, -0.2) is 34.2 Å². The molecule has 0 saturated heterocycles. The molecule has 0 bridgehead atoms. The van der Waals surface area contributed by atoms with Crippen LogP contribution in [0.4, 0.5) is 23.4 Å². The van der Waals surface area contributed by atoms with Crippen LogP contribution >= 0.6 is 0 Å². The number of hydrogen-bond donors (Lipinski definition) is 1. The van der Waals surface area contributed by atoms with Crippen LogP contribution in [0.2, 0.25) is 0 Å². The summed E-state index contributed by atoms with van der Waals surface area (Å²) in [5.74, 6) is -2.03. The number of benzene rings is 3. The van der Waals surface area contributed by atoms with E-state index in [1.807, 2.05) is 30.3 Å². The predicted octanol–water partition coefficient (Wildman–Crippen LogP) is 5.64. The molecule has 4 aromatic rings. The van der Waals surface area contributed by atoms with Crippen molar-refractivity contribution in [2.45, 2.75) is 32.0 Å². The van der Waals surface area contributed by atoms with E-state index in [2.05, 4.69) is 5.32 Å². The van der Waals surface area contributed by atoms with Gasteiger partial charge in [-0.15, -0.1) is 0 Å². The zero-order chi connectivity index (χ0) is 27.9. The minimum Gasteiger partial charge on any atom is -0.339 e. The Morgan fingerprint density at radius 3 is 2.33 bits per heavy atom. The summed E-state index contributed by atoms with van der Waals surface area (Å²) in [5.41, 5.74) is 1.30. The van der Waals surface area contributed by atoms with E-state index in [1.165, 1.54) is 35.2 Å². The Morgan fingerprint density at radius 1 is 1.00 bits per heavy atom. The zero-order valence-electron chi connectivity index (χ0n) is 21.0. The second kappa shape index (κ2) is 10.0. The SMILES string of the molecule is CCN1C(=O)C(NC(=O)c2cccc(C(F)(F)F)c2)C(c2ccc(F)cc2)c2c(C)nn(-c3ccccc3)c21. The number of alkyl halides is 3. The van der Waals surface area contributed by atoms with Crippen molar-refractivity contribution in [2.75, 3.05) is 11.4 Å². The van der Waals surface area contributed by atoms with Gasteiger partial charge in [0.2, 0.25) is 0 Å². The lowest BCUT2D eigenvalue weighted by Crippen LogP contribution is -2.55. The highest BCUT2D eigenvalue weighted by atomic mass is 19.4. The lowest BCUT2D eigenvalue weighted by molar-refractivity contribution is -0.137. The van der Waals surface area contributed by atoms with Gasteiger partial charge in [0.05, 0.1) is 16.9 Å². The van der Waals surface area contributed by atoms with E-state index in [4.69, 9.17) is 5.10 Å². The van der Waals surface area contributed by atoms with Crippen molar-refractivity contribution >= 4 is 17.6 Å². The van der Waals surface area contributed by atoms with E-state index in [-0.39, 0.29) is 12.1 Å². The van der Waals surface area contributed by atoms with Crippen molar-refractivity contribution in [3.05, 3.63) is 113 Å². The molecular weight excluding hydrogens is 512 g/mol. The van der Waals surface area contributed by atoms with Gasteiger partial charge in [0, 0.05) is 23.6 Å². The number of fused-ring (bicyclic) bond motifs is 1. The number of nitrogens with one attached hydrogen (secondary N) is 1. The number of carbonyl (C=O) groups excluding carboxylic acids is 2. The average Bonchev–Trinajstić information content (AvgIpc) is 3.26. The number of halogens is 4. The van der Waals surface area contributed by atoms with Gasteiger partial charge in [0.25, 0.3) is 11.8 Å². The van der Waals surface area contributed by atoms with Crippen LogP contribution in [0.3, 0.4) is 0 Å². The van der Waals surface area contributed by atoms with Gasteiger partial charge in [-0.2, -0.15) is 18.3 Å². The van der Waals surface area contributed by atoms with Crippen LogP contribution in [0, 0.1) is 12.7 Å². The third kappa shape index (κ3) is 4.78. The molecule has 5 rings (SSSR count). The molecule has 2 heterocycles. The fourth-order valence-electron chi connectivity index (χ4n) is 5.02. The molecule has 2 atom stereocenters. The van der Waals surface area contributed by atoms with E-state index in [1.54, 1.807) is 18.5 Å². The maximum absolute atomic E-state index is 14.0. The first-order valence-corrected chi connectivity index (χ1v) is 12.3. The molecule has 1 N–H and O–H groups in total. The van der Waals surface area contributed by atoms with Crippen molar-refractivity contribution in [1.29, 1.82) is 0 Å². The van der Waals surface area contributed by atoms with Gasteiger partial charge in [-0.1, -0.05) is 36.4 Å². The molecule has 6 nitrogen and oxygen atoms in total. The van der Waals surface area contributed by atoms with Gasteiger partial charge in [-0.05, 0) is 61.9 Å². The minimum absolute atomic E-state index is 0.235. The average molecular weight is 537 g/mol. The largest absolute Gasteiger partial charge is 0.416 e. The van der Waals surface area contributed by atoms with Gasteiger partial charge in [-0.3, -0.25) is 14.5 Å². The van der Waals surface area contributed by atoms with E-state index in [0.29, 0.717) is 22.6 Å². The minimum atomic E-state index is -4.63. The first-order valence-electron chi connectivity index (χ1n) is 12.3. The summed E-state index contributed by atoms with van der Waals surface area (Å²) in [7, 11) is 0. The third-order valence-electron chi connectivity index (χ3n) is 6.80. The molecule has 0 saturated carbocycles. The molecule has 2 amide bonds. The molecule has 0 radical (unpaired) electrons. The summed E-state index contributed by atoms with van der Waals surface area (Å²) in [5, 5.41) is 7.39. The quantitative estimate of drug-likeness (QED) is 0.336. The van der Waals surface area contributed by atoms with Gasteiger partial charge in [-0.25, -0.2) is 9.07 Å². The number of carbonyl (C=O) groups is 2. The number of aromatic nitrogens is 2. The van der Waals surface area contributed by atoms with Gasteiger partial charge < -0.3 is 5.32 Å².